The third-order valence-corrected chi connectivity index (χ3v) is 3.14. The van der Waals surface area contributed by atoms with Crippen LogP contribution in [-0.4, -0.2) is 17.9 Å². The van der Waals surface area contributed by atoms with Gasteiger partial charge in [0, 0.05) is 5.57 Å². The van der Waals surface area contributed by atoms with Crippen molar-refractivity contribution in [2.24, 2.45) is 5.73 Å². The number of nitrogens with two attached hydrogens (primary N) is 1. The molecule has 1 aromatic carbocycles. The molecule has 4 nitrogen and oxygen atoms in total. The van der Waals surface area contributed by atoms with Crippen molar-refractivity contribution < 1.29 is 22.8 Å². The zero-order valence-electron chi connectivity index (χ0n) is 11.4. The minimum absolute atomic E-state index is 0.153. The second-order valence-corrected chi connectivity index (χ2v) is 4.68. The maximum absolute atomic E-state index is 12.9. The summed E-state index contributed by atoms with van der Waals surface area (Å²) < 4.78 is 38.6. The Bertz CT molecular complexity index is 663. The minimum atomic E-state index is -4.68. The zero-order valence-corrected chi connectivity index (χ0v) is 11.4. The van der Waals surface area contributed by atoms with Gasteiger partial charge in [-0.1, -0.05) is 30.4 Å². The van der Waals surface area contributed by atoms with Gasteiger partial charge in [0.05, 0.1) is 17.2 Å². The molecule has 0 saturated carbocycles. The van der Waals surface area contributed by atoms with Crippen LogP contribution in [0.3, 0.4) is 0 Å². The normalized spacial score (nSPS) is 17.8. The van der Waals surface area contributed by atoms with E-state index in [0.717, 1.165) is 12.1 Å². The Morgan fingerprint density at radius 1 is 1.18 bits per heavy atom. The fourth-order valence-corrected chi connectivity index (χ4v) is 2.07. The fourth-order valence-electron chi connectivity index (χ4n) is 2.07. The van der Waals surface area contributed by atoms with E-state index in [9.17, 15) is 22.8 Å². The van der Waals surface area contributed by atoms with Crippen LogP contribution in [0, 0.1) is 0 Å². The number of benzene rings is 1. The first-order chi connectivity index (χ1) is 10.3. The molecule has 0 heterocycles. The summed E-state index contributed by atoms with van der Waals surface area (Å²) in [6.07, 6.45) is 0.665. The summed E-state index contributed by atoms with van der Waals surface area (Å²) in [6.45, 7) is 0. The quantitative estimate of drug-likeness (QED) is 0.649. The molecule has 3 N–H and O–H groups in total. The third-order valence-electron chi connectivity index (χ3n) is 3.14. The molecular formula is C15H13F3N2O2. The number of rotatable bonds is 2. The number of alkyl halides is 3. The first-order valence-corrected chi connectivity index (χ1v) is 6.45. The van der Waals surface area contributed by atoms with E-state index < -0.39 is 35.2 Å². The highest BCUT2D eigenvalue weighted by molar-refractivity contribution is 6.11. The summed E-state index contributed by atoms with van der Waals surface area (Å²) in [6, 6.07) is 3.59. The lowest BCUT2D eigenvalue weighted by Gasteiger charge is -2.16. The predicted molar refractivity (Wildman–Crippen MR) is 73.7 cm³/mol. The zero-order chi connectivity index (χ0) is 16.3. The van der Waals surface area contributed by atoms with Gasteiger partial charge in [-0.05, 0) is 18.6 Å². The second kappa shape index (κ2) is 6.15. The van der Waals surface area contributed by atoms with Crippen LogP contribution < -0.4 is 11.1 Å². The van der Waals surface area contributed by atoms with E-state index in [1.807, 2.05) is 5.32 Å². The van der Waals surface area contributed by atoms with Crippen LogP contribution in [0.1, 0.15) is 22.3 Å². The van der Waals surface area contributed by atoms with Crippen molar-refractivity contribution >= 4 is 11.8 Å². The van der Waals surface area contributed by atoms with E-state index in [4.69, 9.17) is 5.73 Å². The van der Waals surface area contributed by atoms with Gasteiger partial charge in [-0.25, -0.2) is 0 Å². The average molecular weight is 310 g/mol. The summed E-state index contributed by atoms with van der Waals surface area (Å²) >= 11 is 0. The number of carbonyl (C=O) groups excluding carboxylic acids is 2. The molecule has 0 aliphatic heterocycles. The van der Waals surface area contributed by atoms with E-state index in [1.54, 1.807) is 12.2 Å². The molecular weight excluding hydrogens is 297 g/mol. The van der Waals surface area contributed by atoms with Gasteiger partial charge in [-0.2, -0.15) is 13.2 Å². The number of amides is 2. The second-order valence-electron chi connectivity index (χ2n) is 4.68. The highest BCUT2D eigenvalue weighted by Gasteiger charge is 2.35. The van der Waals surface area contributed by atoms with Crippen LogP contribution in [0.2, 0.25) is 0 Å². The Morgan fingerprint density at radius 2 is 1.86 bits per heavy atom. The molecule has 1 aliphatic rings. The van der Waals surface area contributed by atoms with Gasteiger partial charge in [-0.15, -0.1) is 0 Å². The number of halogens is 3. The largest absolute Gasteiger partial charge is 0.417 e. The Kier molecular flexibility index (Phi) is 4.46. The Balaban J connectivity index is 2.20. The summed E-state index contributed by atoms with van der Waals surface area (Å²) in [5, 5.41) is 1.95. The molecule has 1 aromatic rings. The van der Waals surface area contributed by atoms with Crippen molar-refractivity contribution in [1.29, 1.82) is 0 Å². The molecule has 22 heavy (non-hydrogen) atoms. The number of carbonyl (C=O) groups is 2. The molecule has 1 atom stereocenters. The van der Waals surface area contributed by atoms with Crippen LogP contribution >= 0.6 is 0 Å². The highest BCUT2D eigenvalue weighted by atomic mass is 19.4. The lowest BCUT2D eigenvalue weighted by Crippen LogP contribution is -2.38. The Hall–Kier alpha value is -2.41. The van der Waals surface area contributed by atoms with Gasteiger partial charge in [-0.3, -0.25) is 14.9 Å². The average Bonchev–Trinajstić information content (AvgIpc) is 2.46. The molecule has 2 amide bonds. The molecule has 2 rings (SSSR count). The van der Waals surface area contributed by atoms with Crippen molar-refractivity contribution in [2.45, 2.75) is 18.6 Å². The Labute approximate surface area is 124 Å². The highest BCUT2D eigenvalue weighted by Crippen LogP contribution is 2.31. The van der Waals surface area contributed by atoms with Gasteiger partial charge >= 0.3 is 6.18 Å². The van der Waals surface area contributed by atoms with E-state index in [1.165, 1.54) is 18.2 Å². The standard InChI is InChI=1S/C15H13F3N2O2/c16-15(17,18)11-7-3-1-5-9(11)13(21)20-14(22)10-6-2-4-8-12(10)19/h1,3-8,12H,2,19H2,(H,20,21,22). The van der Waals surface area contributed by atoms with Crippen LogP contribution in [0.25, 0.3) is 0 Å². The predicted octanol–water partition coefficient (Wildman–Crippen LogP) is 2.18. The molecule has 0 bridgehead atoms. The molecule has 0 fully saturated rings. The molecule has 116 valence electrons. The van der Waals surface area contributed by atoms with Crippen LogP contribution in [0.4, 0.5) is 13.2 Å². The maximum Gasteiger partial charge on any atom is 0.417 e. The van der Waals surface area contributed by atoms with Gasteiger partial charge < -0.3 is 5.73 Å². The van der Waals surface area contributed by atoms with Gasteiger partial charge in [0.15, 0.2) is 0 Å². The third kappa shape index (κ3) is 3.43. The molecule has 0 aromatic heterocycles. The van der Waals surface area contributed by atoms with Gasteiger partial charge in [0.1, 0.15) is 0 Å². The summed E-state index contributed by atoms with van der Waals surface area (Å²) in [5.41, 5.74) is 4.14. The van der Waals surface area contributed by atoms with E-state index >= 15 is 0 Å². The minimum Gasteiger partial charge on any atom is -0.321 e. The molecule has 7 heteroatoms. The molecule has 0 spiro atoms. The lowest BCUT2D eigenvalue weighted by molar-refractivity contribution is -0.138. The molecule has 0 saturated heterocycles. The number of hydrogen-bond acceptors (Lipinski definition) is 3. The van der Waals surface area contributed by atoms with Crippen molar-refractivity contribution in [3.05, 3.63) is 59.2 Å². The monoisotopic (exact) mass is 310 g/mol. The summed E-state index contributed by atoms with van der Waals surface area (Å²) in [4.78, 5) is 23.9. The fraction of sp³-hybridized carbons (Fsp3) is 0.200. The number of allylic oxidation sites excluding steroid dienone is 2. The van der Waals surface area contributed by atoms with E-state index in [2.05, 4.69) is 0 Å². The summed E-state index contributed by atoms with van der Waals surface area (Å²) in [7, 11) is 0. The number of imide groups is 1. The van der Waals surface area contributed by atoms with Crippen LogP contribution in [0.5, 0.6) is 0 Å². The molecule has 1 aliphatic carbocycles. The van der Waals surface area contributed by atoms with Crippen molar-refractivity contribution in [3.63, 3.8) is 0 Å². The van der Waals surface area contributed by atoms with Crippen molar-refractivity contribution in [2.75, 3.05) is 0 Å². The number of nitrogens with one attached hydrogen (secondary N) is 1. The van der Waals surface area contributed by atoms with Gasteiger partial charge in [0.25, 0.3) is 11.8 Å². The summed E-state index contributed by atoms with van der Waals surface area (Å²) in [5.74, 6) is -1.90. The van der Waals surface area contributed by atoms with Crippen LogP contribution in [-0.2, 0) is 11.0 Å². The van der Waals surface area contributed by atoms with E-state index in [0.29, 0.717) is 6.42 Å². The smallest absolute Gasteiger partial charge is 0.321 e. The van der Waals surface area contributed by atoms with Crippen LogP contribution in [0.15, 0.2) is 48.1 Å². The van der Waals surface area contributed by atoms with Gasteiger partial charge in [0.2, 0.25) is 0 Å². The lowest BCUT2D eigenvalue weighted by atomic mass is 10.00. The first kappa shape index (κ1) is 16.0. The topological polar surface area (TPSA) is 72.2 Å². The molecule has 0 radical (unpaired) electrons. The Morgan fingerprint density at radius 3 is 2.50 bits per heavy atom. The maximum atomic E-state index is 12.9. The molecule has 1 unspecified atom stereocenters. The first-order valence-electron chi connectivity index (χ1n) is 6.45. The van der Waals surface area contributed by atoms with Crippen molar-refractivity contribution in [3.8, 4) is 0 Å². The number of hydrogen-bond donors (Lipinski definition) is 2. The van der Waals surface area contributed by atoms with Crippen molar-refractivity contribution in [1.82, 2.24) is 5.32 Å². The van der Waals surface area contributed by atoms with E-state index in [-0.39, 0.29) is 5.57 Å². The SMILES string of the molecule is NC1C=CCC=C1C(=O)NC(=O)c1ccccc1C(F)(F)F.